The molecule has 30 heavy (non-hydrogen) atoms. The lowest BCUT2D eigenvalue weighted by molar-refractivity contribution is 0.0695. The van der Waals surface area contributed by atoms with Crippen molar-refractivity contribution in [2.45, 2.75) is 38.6 Å². The second-order valence-corrected chi connectivity index (χ2v) is 7.78. The van der Waals surface area contributed by atoms with E-state index in [0.29, 0.717) is 43.2 Å². The van der Waals surface area contributed by atoms with Crippen molar-refractivity contribution < 1.29 is 19.1 Å². The largest absolute Gasteiger partial charge is 0.492 e. The van der Waals surface area contributed by atoms with Crippen molar-refractivity contribution >= 4 is 11.8 Å². The predicted molar refractivity (Wildman–Crippen MR) is 112 cm³/mol. The molecule has 3 heterocycles. The van der Waals surface area contributed by atoms with Gasteiger partial charge in [0.1, 0.15) is 11.4 Å². The lowest BCUT2D eigenvalue weighted by Crippen LogP contribution is -2.39. The molecule has 2 aliphatic heterocycles. The number of carbonyl (C=O) groups is 2. The van der Waals surface area contributed by atoms with Gasteiger partial charge in [0, 0.05) is 44.5 Å². The molecule has 0 atom stereocenters. The van der Waals surface area contributed by atoms with Crippen molar-refractivity contribution in [1.29, 1.82) is 0 Å². The molecule has 2 aliphatic rings. The SMILES string of the molecule is CNC(=O)c1ccc(Cc2cc(C(=O)NC3CCOCC3)c3c(c2C)CCO3)cn1. The second-order valence-electron chi connectivity index (χ2n) is 7.78. The first kappa shape index (κ1) is 20.3. The van der Waals surface area contributed by atoms with E-state index in [0.717, 1.165) is 41.5 Å². The highest BCUT2D eigenvalue weighted by Gasteiger charge is 2.26. The van der Waals surface area contributed by atoms with Crippen LogP contribution < -0.4 is 15.4 Å². The van der Waals surface area contributed by atoms with E-state index in [1.807, 2.05) is 12.1 Å². The van der Waals surface area contributed by atoms with Crippen LogP contribution in [0.1, 0.15) is 55.9 Å². The molecule has 1 fully saturated rings. The number of pyridine rings is 1. The van der Waals surface area contributed by atoms with Crippen molar-refractivity contribution in [3.05, 3.63) is 57.9 Å². The Bertz CT molecular complexity index is 950. The summed E-state index contributed by atoms with van der Waals surface area (Å²) in [6.07, 6.45) is 4.82. The smallest absolute Gasteiger partial charge is 0.269 e. The van der Waals surface area contributed by atoms with Crippen LogP contribution in [0.5, 0.6) is 5.75 Å². The summed E-state index contributed by atoms with van der Waals surface area (Å²) in [7, 11) is 1.58. The van der Waals surface area contributed by atoms with E-state index in [-0.39, 0.29) is 17.9 Å². The first-order chi connectivity index (χ1) is 14.6. The van der Waals surface area contributed by atoms with Gasteiger partial charge in [-0.05, 0) is 55.0 Å². The van der Waals surface area contributed by atoms with Crippen LogP contribution in [-0.4, -0.2) is 49.7 Å². The normalized spacial score (nSPS) is 15.9. The number of fused-ring (bicyclic) bond motifs is 1. The van der Waals surface area contributed by atoms with E-state index in [1.165, 1.54) is 0 Å². The minimum atomic E-state index is -0.209. The monoisotopic (exact) mass is 409 g/mol. The highest BCUT2D eigenvalue weighted by atomic mass is 16.5. The molecule has 7 nitrogen and oxygen atoms in total. The number of nitrogens with one attached hydrogen (secondary N) is 2. The fraction of sp³-hybridized carbons (Fsp3) is 0.435. The fourth-order valence-corrected chi connectivity index (χ4v) is 4.06. The molecule has 0 radical (unpaired) electrons. The average molecular weight is 409 g/mol. The van der Waals surface area contributed by atoms with Crippen molar-refractivity contribution in [3.63, 3.8) is 0 Å². The van der Waals surface area contributed by atoms with Gasteiger partial charge in [0.25, 0.3) is 11.8 Å². The van der Waals surface area contributed by atoms with E-state index in [4.69, 9.17) is 9.47 Å². The van der Waals surface area contributed by atoms with E-state index >= 15 is 0 Å². The van der Waals surface area contributed by atoms with E-state index in [1.54, 1.807) is 19.3 Å². The summed E-state index contributed by atoms with van der Waals surface area (Å²) in [6.45, 7) is 4.03. The van der Waals surface area contributed by atoms with Gasteiger partial charge in [-0.25, -0.2) is 0 Å². The van der Waals surface area contributed by atoms with Crippen LogP contribution in [0.25, 0.3) is 0 Å². The maximum atomic E-state index is 13.1. The molecule has 0 bridgehead atoms. The van der Waals surface area contributed by atoms with Crippen LogP contribution in [0.15, 0.2) is 24.4 Å². The molecule has 0 aliphatic carbocycles. The van der Waals surface area contributed by atoms with Crippen LogP contribution in [0.2, 0.25) is 0 Å². The van der Waals surface area contributed by atoms with Crippen LogP contribution in [-0.2, 0) is 17.6 Å². The Hall–Kier alpha value is -2.93. The molecule has 1 aromatic carbocycles. The number of benzene rings is 1. The molecule has 0 unspecified atom stereocenters. The van der Waals surface area contributed by atoms with Gasteiger partial charge in [-0.2, -0.15) is 0 Å². The number of amides is 2. The average Bonchev–Trinajstić information content (AvgIpc) is 3.26. The maximum absolute atomic E-state index is 13.1. The van der Waals surface area contributed by atoms with Gasteiger partial charge in [0.05, 0.1) is 12.2 Å². The quantitative estimate of drug-likeness (QED) is 0.790. The number of aromatic nitrogens is 1. The lowest BCUT2D eigenvalue weighted by Gasteiger charge is -2.24. The van der Waals surface area contributed by atoms with Gasteiger partial charge >= 0.3 is 0 Å². The Kier molecular flexibility index (Phi) is 5.99. The molecule has 2 N–H and O–H groups in total. The zero-order valence-corrected chi connectivity index (χ0v) is 17.4. The van der Waals surface area contributed by atoms with Crippen molar-refractivity contribution in [2.75, 3.05) is 26.9 Å². The van der Waals surface area contributed by atoms with Crippen molar-refractivity contribution in [1.82, 2.24) is 15.6 Å². The summed E-state index contributed by atoms with van der Waals surface area (Å²) < 4.78 is 11.2. The third-order valence-corrected chi connectivity index (χ3v) is 5.85. The molecule has 1 saturated heterocycles. The zero-order valence-electron chi connectivity index (χ0n) is 17.4. The number of ether oxygens (including phenoxy) is 2. The number of nitrogens with zero attached hydrogens (tertiary/aromatic N) is 1. The van der Waals surface area contributed by atoms with Crippen LogP contribution in [0.3, 0.4) is 0 Å². The Morgan fingerprint density at radius 2 is 1.97 bits per heavy atom. The number of carbonyl (C=O) groups excluding carboxylic acids is 2. The maximum Gasteiger partial charge on any atom is 0.269 e. The molecular formula is C23H27N3O4. The highest BCUT2D eigenvalue weighted by Crippen LogP contribution is 2.35. The van der Waals surface area contributed by atoms with Gasteiger partial charge in [0.15, 0.2) is 0 Å². The third-order valence-electron chi connectivity index (χ3n) is 5.85. The molecular weight excluding hydrogens is 382 g/mol. The Morgan fingerprint density at radius 3 is 2.67 bits per heavy atom. The minimum absolute atomic E-state index is 0.0885. The highest BCUT2D eigenvalue weighted by molar-refractivity contribution is 5.98. The molecule has 7 heteroatoms. The Labute approximate surface area is 176 Å². The van der Waals surface area contributed by atoms with Crippen molar-refractivity contribution in [2.24, 2.45) is 0 Å². The molecule has 0 spiro atoms. The van der Waals surface area contributed by atoms with Crippen LogP contribution in [0, 0.1) is 6.92 Å². The molecule has 158 valence electrons. The van der Waals surface area contributed by atoms with Gasteiger partial charge in [0.2, 0.25) is 0 Å². The molecule has 1 aromatic heterocycles. The number of hydrogen-bond acceptors (Lipinski definition) is 5. The third kappa shape index (κ3) is 4.16. The van der Waals surface area contributed by atoms with Gasteiger partial charge in [-0.15, -0.1) is 0 Å². The summed E-state index contributed by atoms with van der Waals surface area (Å²) in [6, 6.07) is 5.71. The first-order valence-corrected chi connectivity index (χ1v) is 10.4. The standard InChI is InChI=1S/C23H27N3O4/c1-14-16(11-15-3-4-20(25-13-15)23(28)24-2)12-19(21-18(14)7-10-30-21)22(27)26-17-5-8-29-9-6-17/h3-4,12-13,17H,5-11H2,1-2H3,(H,24,28)(H,26,27). The summed E-state index contributed by atoms with van der Waals surface area (Å²) in [5.74, 6) is 0.419. The summed E-state index contributed by atoms with van der Waals surface area (Å²) >= 11 is 0. The lowest BCUT2D eigenvalue weighted by atomic mass is 9.92. The zero-order chi connectivity index (χ0) is 21.1. The molecule has 2 aromatic rings. The van der Waals surface area contributed by atoms with Crippen LogP contribution in [0.4, 0.5) is 0 Å². The first-order valence-electron chi connectivity index (χ1n) is 10.4. The predicted octanol–water partition coefficient (Wildman–Crippen LogP) is 2.18. The topological polar surface area (TPSA) is 89.6 Å². The van der Waals surface area contributed by atoms with E-state index in [9.17, 15) is 9.59 Å². The van der Waals surface area contributed by atoms with E-state index < -0.39 is 0 Å². The van der Waals surface area contributed by atoms with Gasteiger partial charge < -0.3 is 20.1 Å². The fourth-order valence-electron chi connectivity index (χ4n) is 4.06. The number of rotatable bonds is 5. The summed E-state index contributed by atoms with van der Waals surface area (Å²) in [5.41, 5.74) is 5.31. The van der Waals surface area contributed by atoms with Gasteiger partial charge in [-0.3, -0.25) is 14.6 Å². The van der Waals surface area contributed by atoms with Gasteiger partial charge in [-0.1, -0.05) is 6.07 Å². The minimum Gasteiger partial charge on any atom is -0.492 e. The second kappa shape index (κ2) is 8.83. The number of hydrogen-bond donors (Lipinski definition) is 2. The molecule has 4 rings (SSSR count). The van der Waals surface area contributed by atoms with E-state index in [2.05, 4.69) is 22.5 Å². The summed E-state index contributed by atoms with van der Waals surface area (Å²) in [4.78, 5) is 29.0. The van der Waals surface area contributed by atoms with Crippen LogP contribution >= 0.6 is 0 Å². The van der Waals surface area contributed by atoms with Crippen molar-refractivity contribution in [3.8, 4) is 5.75 Å². The Morgan fingerprint density at radius 1 is 1.17 bits per heavy atom. The summed E-state index contributed by atoms with van der Waals surface area (Å²) in [5, 5.41) is 5.72. The Balaban J connectivity index is 1.59. The molecule has 2 amide bonds. The molecule has 0 saturated carbocycles.